The summed E-state index contributed by atoms with van der Waals surface area (Å²) in [6.45, 7) is 0. The van der Waals surface area contributed by atoms with Crippen molar-refractivity contribution in [3.8, 4) is 16.9 Å². The largest absolute Gasteiger partial charge is 0.455 e. The molecule has 0 saturated carbocycles. The lowest BCUT2D eigenvalue weighted by atomic mass is 10.0. The molecule has 8 rings (SSSR count). The lowest BCUT2D eigenvalue weighted by Crippen LogP contribution is -1.94. The van der Waals surface area contributed by atoms with Crippen LogP contribution in [0, 0.1) is 0 Å². The van der Waals surface area contributed by atoms with Crippen molar-refractivity contribution in [1.29, 1.82) is 0 Å². The van der Waals surface area contributed by atoms with Crippen LogP contribution in [0.1, 0.15) is 0 Å². The van der Waals surface area contributed by atoms with E-state index in [4.69, 9.17) is 9.40 Å². The van der Waals surface area contributed by atoms with Crippen LogP contribution in [0.4, 0.5) is 0 Å². The third kappa shape index (κ3) is 2.65. The number of furan rings is 1. The number of aromatic nitrogens is 2. The van der Waals surface area contributed by atoms with E-state index in [9.17, 15) is 0 Å². The summed E-state index contributed by atoms with van der Waals surface area (Å²) in [6, 6.07) is 40.3. The fourth-order valence-electron chi connectivity index (χ4n) is 5.63. The van der Waals surface area contributed by atoms with Crippen LogP contribution in [0.3, 0.4) is 0 Å². The van der Waals surface area contributed by atoms with Crippen molar-refractivity contribution < 1.29 is 4.42 Å². The monoisotopic (exact) mass is 460 g/mol. The van der Waals surface area contributed by atoms with Crippen LogP contribution in [0.15, 0.2) is 126 Å². The Morgan fingerprint density at radius 2 is 1.36 bits per heavy atom. The highest BCUT2D eigenvalue weighted by atomic mass is 16.3. The molecule has 3 heteroatoms. The van der Waals surface area contributed by atoms with Crippen molar-refractivity contribution in [2.75, 3.05) is 0 Å². The minimum atomic E-state index is 0.873. The molecule has 36 heavy (non-hydrogen) atoms. The zero-order valence-corrected chi connectivity index (χ0v) is 19.3. The Kier molecular flexibility index (Phi) is 3.94. The van der Waals surface area contributed by atoms with E-state index in [-0.39, 0.29) is 0 Å². The summed E-state index contributed by atoms with van der Waals surface area (Å²) in [5.41, 5.74) is 7.11. The molecule has 0 aliphatic carbocycles. The maximum Gasteiger partial charge on any atom is 0.144 e. The van der Waals surface area contributed by atoms with E-state index in [0.29, 0.717) is 0 Å². The fraction of sp³-hybridized carbons (Fsp3) is 0. The Morgan fingerprint density at radius 1 is 0.583 bits per heavy atom. The van der Waals surface area contributed by atoms with E-state index in [1.54, 1.807) is 0 Å². The van der Waals surface area contributed by atoms with Crippen molar-refractivity contribution in [2.45, 2.75) is 0 Å². The summed E-state index contributed by atoms with van der Waals surface area (Å²) >= 11 is 0. The molecule has 0 N–H and O–H groups in total. The molecule has 0 spiro atoms. The van der Waals surface area contributed by atoms with Gasteiger partial charge in [0.2, 0.25) is 0 Å². The van der Waals surface area contributed by atoms with Gasteiger partial charge in [0, 0.05) is 39.0 Å². The molecule has 168 valence electrons. The smallest absolute Gasteiger partial charge is 0.144 e. The standard InChI is InChI=1S/C33H20N2O/c1-2-10-22(11-3-1)35-29-18-17-21-9-4-5-12-23(21)32(29)27-20-34-28(19-30(27)35)26-15-8-14-25-24-13-6-7-16-31(24)36-33(25)26/h1-20H. The van der Waals surface area contributed by atoms with Gasteiger partial charge in [-0.05, 0) is 47.2 Å². The lowest BCUT2D eigenvalue weighted by molar-refractivity contribution is 0.670. The van der Waals surface area contributed by atoms with E-state index >= 15 is 0 Å². The molecule has 0 aliphatic heterocycles. The Labute approximate surface area is 206 Å². The predicted octanol–water partition coefficient (Wildman–Crippen LogP) is 8.90. The van der Waals surface area contributed by atoms with Crippen molar-refractivity contribution in [3.05, 3.63) is 121 Å². The maximum absolute atomic E-state index is 6.33. The summed E-state index contributed by atoms with van der Waals surface area (Å²) in [5, 5.41) is 7.08. The maximum atomic E-state index is 6.33. The van der Waals surface area contributed by atoms with Crippen molar-refractivity contribution in [3.63, 3.8) is 0 Å². The topological polar surface area (TPSA) is 31.0 Å². The van der Waals surface area contributed by atoms with Gasteiger partial charge >= 0.3 is 0 Å². The van der Waals surface area contributed by atoms with Gasteiger partial charge < -0.3 is 8.98 Å². The first kappa shape index (κ1) is 19.4. The summed E-state index contributed by atoms with van der Waals surface area (Å²) in [4.78, 5) is 4.99. The average Bonchev–Trinajstić information content (AvgIpc) is 3.49. The van der Waals surface area contributed by atoms with Gasteiger partial charge in [-0.3, -0.25) is 4.98 Å². The van der Waals surface area contributed by atoms with E-state index in [1.807, 2.05) is 18.3 Å². The van der Waals surface area contributed by atoms with Crippen LogP contribution in [0.2, 0.25) is 0 Å². The molecule has 0 saturated heterocycles. The number of para-hydroxylation sites is 3. The molecule has 8 aromatic rings. The number of hydrogen-bond acceptors (Lipinski definition) is 2. The first-order valence-corrected chi connectivity index (χ1v) is 12.1. The van der Waals surface area contributed by atoms with Gasteiger partial charge in [0.05, 0.1) is 16.7 Å². The molecule has 0 radical (unpaired) electrons. The molecular weight excluding hydrogens is 440 g/mol. The molecule has 0 unspecified atom stereocenters. The van der Waals surface area contributed by atoms with Crippen LogP contribution < -0.4 is 0 Å². The Balaban J connectivity index is 1.49. The molecule has 3 aromatic heterocycles. The molecule has 3 heterocycles. The Bertz CT molecular complexity index is 2100. The third-order valence-corrected chi connectivity index (χ3v) is 7.23. The van der Waals surface area contributed by atoms with Crippen molar-refractivity contribution in [2.24, 2.45) is 0 Å². The number of fused-ring (bicyclic) bond motifs is 8. The van der Waals surface area contributed by atoms with Gasteiger partial charge in [-0.15, -0.1) is 0 Å². The molecular formula is C33H20N2O. The number of rotatable bonds is 2. The Morgan fingerprint density at radius 3 is 2.28 bits per heavy atom. The second-order valence-corrected chi connectivity index (χ2v) is 9.22. The molecule has 0 atom stereocenters. The zero-order chi connectivity index (χ0) is 23.6. The fourth-order valence-corrected chi connectivity index (χ4v) is 5.63. The van der Waals surface area contributed by atoms with Crippen LogP contribution in [0.25, 0.3) is 71.5 Å². The van der Waals surface area contributed by atoms with E-state index < -0.39 is 0 Å². The van der Waals surface area contributed by atoms with Crippen LogP contribution in [0.5, 0.6) is 0 Å². The van der Waals surface area contributed by atoms with E-state index in [0.717, 1.165) is 49.8 Å². The molecule has 0 bridgehead atoms. The summed E-state index contributed by atoms with van der Waals surface area (Å²) in [5.74, 6) is 0. The predicted molar refractivity (Wildman–Crippen MR) is 149 cm³/mol. The molecule has 0 amide bonds. The van der Waals surface area contributed by atoms with E-state index in [2.05, 4.69) is 108 Å². The molecule has 0 fully saturated rings. The first-order valence-electron chi connectivity index (χ1n) is 12.1. The number of hydrogen-bond donors (Lipinski definition) is 0. The second kappa shape index (κ2) is 7.30. The van der Waals surface area contributed by atoms with Gasteiger partial charge in [0.15, 0.2) is 0 Å². The minimum Gasteiger partial charge on any atom is -0.455 e. The highest BCUT2D eigenvalue weighted by Crippen LogP contribution is 2.40. The Hall–Kier alpha value is -4.89. The summed E-state index contributed by atoms with van der Waals surface area (Å²) < 4.78 is 8.68. The lowest BCUT2D eigenvalue weighted by Gasteiger charge is -2.09. The van der Waals surface area contributed by atoms with Crippen molar-refractivity contribution >= 4 is 54.5 Å². The van der Waals surface area contributed by atoms with Gasteiger partial charge in [-0.1, -0.05) is 78.9 Å². The number of pyridine rings is 1. The highest BCUT2D eigenvalue weighted by Gasteiger charge is 2.18. The minimum absolute atomic E-state index is 0.873. The van der Waals surface area contributed by atoms with Gasteiger partial charge in [0.25, 0.3) is 0 Å². The van der Waals surface area contributed by atoms with E-state index in [1.165, 1.54) is 21.7 Å². The quantitative estimate of drug-likeness (QED) is 0.258. The second-order valence-electron chi connectivity index (χ2n) is 9.22. The number of nitrogens with zero attached hydrogens (tertiary/aromatic N) is 2. The SMILES string of the molecule is c1ccc(-n2c3cc(-c4cccc5c4oc4ccccc45)ncc3c3c4ccccc4ccc32)cc1. The van der Waals surface area contributed by atoms with Gasteiger partial charge in [0.1, 0.15) is 11.2 Å². The molecule has 0 aliphatic rings. The summed E-state index contributed by atoms with van der Waals surface area (Å²) in [6.07, 6.45) is 2.03. The molecule has 3 nitrogen and oxygen atoms in total. The van der Waals surface area contributed by atoms with Crippen LogP contribution in [-0.4, -0.2) is 9.55 Å². The third-order valence-electron chi connectivity index (χ3n) is 7.23. The first-order chi connectivity index (χ1) is 17.9. The van der Waals surface area contributed by atoms with Crippen LogP contribution in [-0.2, 0) is 0 Å². The normalized spacial score (nSPS) is 11.9. The number of benzene rings is 5. The summed E-state index contributed by atoms with van der Waals surface area (Å²) in [7, 11) is 0. The van der Waals surface area contributed by atoms with Gasteiger partial charge in [-0.2, -0.15) is 0 Å². The zero-order valence-electron chi connectivity index (χ0n) is 19.3. The average molecular weight is 461 g/mol. The van der Waals surface area contributed by atoms with Crippen LogP contribution >= 0.6 is 0 Å². The highest BCUT2D eigenvalue weighted by molar-refractivity contribution is 6.21. The molecule has 5 aromatic carbocycles. The van der Waals surface area contributed by atoms with Gasteiger partial charge in [-0.25, -0.2) is 0 Å². The van der Waals surface area contributed by atoms with Crippen molar-refractivity contribution in [1.82, 2.24) is 9.55 Å².